The summed E-state index contributed by atoms with van der Waals surface area (Å²) in [7, 11) is 4.70. The summed E-state index contributed by atoms with van der Waals surface area (Å²) in [6.45, 7) is 2.11. The molecule has 9 nitrogen and oxygen atoms in total. The molecule has 3 rings (SSSR count). The summed E-state index contributed by atoms with van der Waals surface area (Å²) in [5, 5.41) is 3.36. The summed E-state index contributed by atoms with van der Waals surface area (Å²) in [6, 6.07) is 5.42. The highest BCUT2D eigenvalue weighted by Gasteiger charge is 2.22. The van der Waals surface area contributed by atoms with Gasteiger partial charge in [-0.2, -0.15) is 0 Å². The number of rotatable bonds is 7. The summed E-state index contributed by atoms with van der Waals surface area (Å²) in [6.07, 6.45) is 6.06. The Bertz CT molecular complexity index is 1030. The number of likely N-dealkylation sites (tertiary alicyclic amines) is 1. The summed E-state index contributed by atoms with van der Waals surface area (Å²) >= 11 is 0. The van der Waals surface area contributed by atoms with E-state index in [0.29, 0.717) is 54.3 Å². The number of anilines is 2. The molecule has 0 aliphatic carbocycles. The molecule has 33 heavy (non-hydrogen) atoms. The normalized spacial score (nSPS) is 13.8. The van der Waals surface area contributed by atoms with Gasteiger partial charge in [0.2, 0.25) is 5.91 Å². The molecule has 1 aromatic heterocycles. The first-order valence-electron chi connectivity index (χ1n) is 10.6. The maximum atomic E-state index is 12.1. The number of nitrogens with zero attached hydrogens (tertiary/aromatic N) is 3. The first-order chi connectivity index (χ1) is 16.0. The van der Waals surface area contributed by atoms with E-state index in [9.17, 15) is 4.79 Å². The number of methoxy groups -OCH3 is 3. The molecule has 174 valence electrons. The number of nitrogen functional groups attached to an aromatic ring is 1. The van der Waals surface area contributed by atoms with Gasteiger partial charge in [0.05, 0.1) is 27.6 Å². The molecule has 0 unspecified atom stereocenters. The van der Waals surface area contributed by atoms with E-state index in [4.69, 9.17) is 19.9 Å². The highest BCUT2D eigenvalue weighted by molar-refractivity contribution is 5.87. The third-order valence-electron chi connectivity index (χ3n) is 5.39. The number of hydrogen-bond donors (Lipinski definition) is 2. The highest BCUT2D eigenvalue weighted by atomic mass is 16.5. The lowest BCUT2D eigenvalue weighted by Gasteiger charge is -2.31. The van der Waals surface area contributed by atoms with E-state index in [1.807, 2.05) is 17.0 Å². The number of hydrogen-bond acceptors (Lipinski definition) is 8. The van der Waals surface area contributed by atoms with Gasteiger partial charge in [-0.1, -0.05) is 11.8 Å². The molecule has 1 saturated heterocycles. The van der Waals surface area contributed by atoms with Crippen LogP contribution in [0, 0.1) is 17.8 Å². The number of amides is 1. The van der Waals surface area contributed by atoms with Gasteiger partial charge in [0.25, 0.3) is 0 Å². The van der Waals surface area contributed by atoms with E-state index >= 15 is 0 Å². The average Bonchev–Trinajstić information content (AvgIpc) is 2.85. The standard InChI is InChI=1S/C24H29N5O4/c1-31-11-8-22(30)29-9-6-17(7-10-29)15-26-24-21(23(25)27-16-28-24)5-4-18-12-19(32-2)14-20(13-18)33-3/h8,11-14,16-17H,6-7,9-10,15H2,1-3H3,(H3,25,26,27,28)/b11-8+. The smallest absolute Gasteiger partial charge is 0.249 e. The van der Waals surface area contributed by atoms with Crippen molar-refractivity contribution in [3.8, 4) is 23.3 Å². The lowest BCUT2D eigenvalue weighted by molar-refractivity contribution is -0.127. The summed E-state index contributed by atoms with van der Waals surface area (Å²) in [5.41, 5.74) is 7.35. The molecule has 3 N–H and O–H groups in total. The number of piperidine rings is 1. The zero-order valence-electron chi connectivity index (χ0n) is 19.1. The Kier molecular flexibility index (Phi) is 8.36. The van der Waals surface area contributed by atoms with Crippen molar-refractivity contribution in [2.24, 2.45) is 5.92 Å². The van der Waals surface area contributed by atoms with E-state index < -0.39 is 0 Å². The molecule has 1 aromatic carbocycles. The van der Waals surface area contributed by atoms with E-state index in [2.05, 4.69) is 27.1 Å². The average molecular weight is 452 g/mol. The molecule has 1 aliphatic heterocycles. The molecule has 2 aromatic rings. The van der Waals surface area contributed by atoms with Crippen LogP contribution in [-0.4, -0.2) is 61.7 Å². The topological polar surface area (TPSA) is 112 Å². The number of nitrogens with one attached hydrogen (secondary N) is 1. The summed E-state index contributed by atoms with van der Waals surface area (Å²) in [4.78, 5) is 22.3. The number of carbonyl (C=O) groups excluding carboxylic acids is 1. The second-order valence-corrected chi connectivity index (χ2v) is 7.52. The Morgan fingerprint density at radius 3 is 2.48 bits per heavy atom. The lowest BCUT2D eigenvalue weighted by Crippen LogP contribution is -2.39. The van der Waals surface area contributed by atoms with Crippen molar-refractivity contribution in [3.63, 3.8) is 0 Å². The summed E-state index contributed by atoms with van der Waals surface area (Å²) in [5.74, 6) is 8.75. The van der Waals surface area contributed by atoms with Crippen LogP contribution in [0.1, 0.15) is 24.0 Å². The molecule has 0 spiro atoms. The molecule has 1 aliphatic rings. The van der Waals surface area contributed by atoms with Crippen LogP contribution in [0.2, 0.25) is 0 Å². The molecule has 0 radical (unpaired) electrons. The predicted octanol–water partition coefficient (Wildman–Crippen LogP) is 2.29. The predicted molar refractivity (Wildman–Crippen MR) is 126 cm³/mol. The van der Waals surface area contributed by atoms with Crippen LogP contribution in [0.4, 0.5) is 11.6 Å². The van der Waals surface area contributed by atoms with Crippen molar-refractivity contribution in [1.82, 2.24) is 14.9 Å². The van der Waals surface area contributed by atoms with Gasteiger partial charge in [-0.25, -0.2) is 9.97 Å². The fraction of sp³-hybridized carbons (Fsp3) is 0.375. The van der Waals surface area contributed by atoms with Gasteiger partial charge < -0.3 is 30.2 Å². The van der Waals surface area contributed by atoms with Crippen molar-refractivity contribution in [2.75, 3.05) is 52.0 Å². The number of benzene rings is 1. The monoisotopic (exact) mass is 451 g/mol. The molecule has 9 heteroatoms. The van der Waals surface area contributed by atoms with Crippen molar-refractivity contribution < 1.29 is 19.0 Å². The Hall–Kier alpha value is -3.93. The van der Waals surface area contributed by atoms with Crippen LogP contribution in [-0.2, 0) is 9.53 Å². The van der Waals surface area contributed by atoms with Crippen molar-refractivity contribution in [1.29, 1.82) is 0 Å². The van der Waals surface area contributed by atoms with Crippen LogP contribution >= 0.6 is 0 Å². The van der Waals surface area contributed by atoms with Gasteiger partial charge in [-0.15, -0.1) is 0 Å². The van der Waals surface area contributed by atoms with Crippen LogP contribution < -0.4 is 20.5 Å². The molecular formula is C24H29N5O4. The van der Waals surface area contributed by atoms with Crippen molar-refractivity contribution in [2.45, 2.75) is 12.8 Å². The van der Waals surface area contributed by atoms with Gasteiger partial charge in [-0.05, 0) is 30.9 Å². The molecule has 0 saturated carbocycles. The van der Waals surface area contributed by atoms with Gasteiger partial charge >= 0.3 is 0 Å². The first kappa shape index (κ1) is 23.7. The fourth-order valence-corrected chi connectivity index (χ4v) is 3.50. The molecule has 2 heterocycles. The zero-order valence-corrected chi connectivity index (χ0v) is 19.1. The van der Waals surface area contributed by atoms with E-state index in [-0.39, 0.29) is 5.91 Å². The minimum Gasteiger partial charge on any atom is -0.504 e. The first-order valence-corrected chi connectivity index (χ1v) is 10.6. The zero-order chi connectivity index (χ0) is 23.6. The third kappa shape index (κ3) is 6.53. The number of nitrogens with two attached hydrogens (primary N) is 1. The second kappa shape index (κ2) is 11.6. The van der Waals surface area contributed by atoms with Crippen LogP contribution in [0.25, 0.3) is 0 Å². The fourth-order valence-electron chi connectivity index (χ4n) is 3.50. The third-order valence-corrected chi connectivity index (χ3v) is 5.39. The van der Waals surface area contributed by atoms with Crippen LogP contribution in [0.3, 0.4) is 0 Å². The molecule has 0 bridgehead atoms. The Labute approximate surface area is 193 Å². The van der Waals surface area contributed by atoms with E-state index in [1.54, 1.807) is 20.3 Å². The van der Waals surface area contributed by atoms with Gasteiger partial charge in [0, 0.05) is 37.3 Å². The van der Waals surface area contributed by atoms with Gasteiger partial charge in [0.15, 0.2) is 0 Å². The van der Waals surface area contributed by atoms with Crippen molar-refractivity contribution in [3.05, 3.63) is 48.0 Å². The molecular weight excluding hydrogens is 422 g/mol. The Balaban J connectivity index is 1.67. The molecule has 1 amide bonds. The van der Waals surface area contributed by atoms with E-state index in [1.165, 1.54) is 25.8 Å². The van der Waals surface area contributed by atoms with E-state index in [0.717, 1.165) is 18.4 Å². The SMILES string of the molecule is CO/C=C/C(=O)N1CCC(CNc2ncnc(N)c2C#Cc2cc(OC)cc(OC)c2)CC1. The minimum absolute atomic E-state index is 0.0291. The number of aromatic nitrogens is 2. The molecule has 1 fully saturated rings. The maximum absolute atomic E-state index is 12.1. The quantitative estimate of drug-likeness (QED) is 0.375. The second-order valence-electron chi connectivity index (χ2n) is 7.52. The highest BCUT2D eigenvalue weighted by Crippen LogP contribution is 2.23. The Morgan fingerprint density at radius 2 is 1.85 bits per heavy atom. The number of ether oxygens (including phenoxy) is 3. The Morgan fingerprint density at radius 1 is 1.15 bits per heavy atom. The van der Waals surface area contributed by atoms with Gasteiger partial charge in [-0.3, -0.25) is 4.79 Å². The molecule has 0 atom stereocenters. The van der Waals surface area contributed by atoms with Crippen molar-refractivity contribution >= 4 is 17.5 Å². The number of carbonyl (C=O) groups is 1. The maximum Gasteiger partial charge on any atom is 0.249 e. The van der Waals surface area contributed by atoms with Crippen LogP contribution in [0.5, 0.6) is 11.5 Å². The van der Waals surface area contributed by atoms with Crippen LogP contribution in [0.15, 0.2) is 36.9 Å². The minimum atomic E-state index is -0.0291. The largest absolute Gasteiger partial charge is 0.504 e. The summed E-state index contributed by atoms with van der Waals surface area (Å²) < 4.78 is 15.4. The lowest BCUT2D eigenvalue weighted by atomic mass is 9.96. The van der Waals surface area contributed by atoms with Gasteiger partial charge in [0.1, 0.15) is 35.0 Å².